The summed E-state index contributed by atoms with van der Waals surface area (Å²) < 4.78 is 2.42. The SMILES string of the molecule is CC1(C)c2ccccc2-c2ccc(N(c3ccc(-c4ccccc4)cc3)c3ccc(-c4cc(-c5ccc6c(c5)C5(c7ccccc7-c7ccccc75)c5ccccc5-6)cc(-c5cccc6c5c5ccccc5n6-c5ccccc5)c4)cc3)cc21. The summed E-state index contributed by atoms with van der Waals surface area (Å²) in [5.74, 6) is 0. The molecule has 13 aromatic carbocycles. The van der Waals surface area contributed by atoms with Gasteiger partial charge in [0, 0.05) is 38.9 Å². The Morgan fingerprint density at radius 1 is 0.262 bits per heavy atom. The first kappa shape index (κ1) is 48.2. The second-order valence-corrected chi connectivity index (χ2v) is 23.5. The molecule has 0 unspecified atom stereocenters. The van der Waals surface area contributed by atoms with Crippen molar-refractivity contribution < 1.29 is 0 Å². The maximum absolute atomic E-state index is 2.53. The molecule has 0 N–H and O–H groups in total. The normalized spacial score (nSPS) is 13.5. The minimum atomic E-state index is -0.456. The van der Waals surface area contributed by atoms with Crippen molar-refractivity contribution >= 4 is 38.9 Å². The Bertz CT molecular complexity index is 4900. The van der Waals surface area contributed by atoms with Gasteiger partial charge in [0.1, 0.15) is 0 Å². The Morgan fingerprint density at radius 3 is 1.33 bits per heavy atom. The van der Waals surface area contributed by atoms with Crippen LogP contribution in [0.3, 0.4) is 0 Å². The first-order valence-electron chi connectivity index (χ1n) is 29.4. The number of anilines is 3. The summed E-state index contributed by atoms with van der Waals surface area (Å²) in [4.78, 5) is 2.43. The van der Waals surface area contributed by atoms with Crippen LogP contribution in [0.2, 0.25) is 0 Å². The lowest BCUT2D eigenvalue weighted by Gasteiger charge is -2.30. The van der Waals surface area contributed by atoms with E-state index in [1.807, 2.05) is 0 Å². The average molecular weight is 1070 g/mol. The van der Waals surface area contributed by atoms with Gasteiger partial charge in [0.25, 0.3) is 0 Å². The minimum absolute atomic E-state index is 0.145. The third-order valence-corrected chi connectivity index (χ3v) is 18.8. The van der Waals surface area contributed by atoms with Gasteiger partial charge < -0.3 is 9.47 Å². The van der Waals surface area contributed by atoms with Crippen molar-refractivity contribution in [2.24, 2.45) is 0 Å². The second-order valence-electron chi connectivity index (χ2n) is 23.5. The van der Waals surface area contributed by atoms with Crippen molar-refractivity contribution in [3.63, 3.8) is 0 Å². The van der Waals surface area contributed by atoms with Crippen molar-refractivity contribution in [2.45, 2.75) is 24.7 Å². The fraction of sp³-hybridized carbons (Fsp3) is 0.0488. The molecule has 2 heteroatoms. The minimum Gasteiger partial charge on any atom is -0.310 e. The highest BCUT2D eigenvalue weighted by atomic mass is 15.1. The van der Waals surface area contributed by atoms with Crippen molar-refractivity contribution in [2.75, 3.05) is 4.90 Å². The molecule has 1 heterocycles. The number of nitrogens with zero attached hydrogens (tertiary/aromatic N) is 2. The van der Waals surface area contributed by atoms with Gasteiger partial charge in [-0.25, -0.2) is 0 Å². The number of rotatable bonds is 8. The summed E-state index contributed by atoms with van der Waals surface area (Å²) in [6.45, 7) is 4.73. The molecule has 1 spiro atoms. The van der Waals surface area contributed by atoms with Crippen LogP contribution < -0.4 is 4.90 Å². The fourth-order valence-corrected chi connectivity index (χ4v) is 15.0. The van der Waals surface area contributed by atoms with Gasteiger partial charge in [0.05, 0.1) is 16.4 Å². The number of benzene rings is 13. The highest BCUT2D eigenvalue weighted by molar-refractivity contribution is 6.16. The van der Waals surface area contributed by atoms with Crippen LogP contribution in [-0.4, -0.2) is 4.57 Å². The average Bonchev–Trinajstić information content (AvgIpc) is 1.60. The van der Waals surface area contributed by atoms with E-state index in [4.69, 9.17) is 0 Å². The van der Waals surface area contributed by atoms with E-state index in [-0.39, 0.29) is 5.41 Å². The number of fused-ring (bicyclic) bond motifs is 16. The summed E-state index contributed by atoms with van der Waals surface area (Å²) in [7, 11) is 0. The predicted molar refractivity (Wildman–Crippen MR) is 351 cm³/mol. The molecule has 394 valence electrons. The standard InChI is InChI=1S/C82H56N2/c1-81(2)72-30-14-9-24-65(72)69-47-45-63(52-76(69)81)83(61-41-36-54(37-42-61)53-20-5-3-6-21-53)62-43-38-55(39-44-62)57-48-58(50-59(49-57)64-29-19-35-79-80(64)71-28-13-18-34-78(71)84(79)60-22-7-4-8-23-60)56-40-46-70-68-27-12-17-33-75(68)82(77(70)51-56)73-31-15-10-25-66(73)67-26-11-16-32-74(67)82/h3-52H,1-2H3. The van der Waals surface area contributed by atoms with Crippen LogP contribution >= 0.6 is 0 Å². The quantitative estimate of drug-likeness (QED) is 0.147. The highest BCUT2D eigenvalue weighted by Crippen LogP contribution is 2.63. The van der Waals surface area contributed by atoms with E-state index >= 15 is 0 Å². The van der Waals surface area contributed by atoms with Crippen LogP contribution in [0.1, 0.15) is 47.2 Å². The molecular formula is C82H56N2. The molecule has 3 aliphatic carbocycles. The monoisotopic (exact) mass is 1070 g/mol. The molecule has 14 aromatic rings. The molecule has 0 saturated carbocycles. The summed E-state index contributed by atoms with van der Waals surface area (Å²) in [5.41, 5.74) is 31.6. The van der Waals surface area contributed by atoms with Gasteiger partial charge >= 0.3 is 0 Å². The lowest BCUT2D eigenvalue weighted by atomic mass is 9.70. The third-order valence-electron chi connectivity index (χ3n) is 18.8. The van der Waals surface area contributed by atoms with Gasteiger partial charge in [-0.2, -0.15) is 0 Å². The Labute approximate surface area is 490 Å². The first-order chi connectivity index (χ1) is 41.4. The van der Waals surface area contributed by atoms with Crippen LogP contribution in [-0.2, 0) is 10.8 Å². The summed E-state index contributed by atoms with van der Waals surface area (Å²) in [6.07, 6.45) is 0. The van der Waals surface area contributed by atoms with E-state index in [1.54, 1.807) is 0 Å². The van der Waals surface area contributed by atoms with E-state index in [0.717, 1.165) is 33.9 Å². The zero-order chi connectivity index (χ0) is 55.7. The van der Waals surface area contributed by atoms with Gasteiger partial charge in [0.2, 0.25) is 0 Å². The highest BCUT2D eigenvalue weighted by Gasteiger charge is 2.51. The maximum atomic E-state index is 2.53. The lowest BCUT2D eigenvalue weighted by Crippen LogP contribution is -2.25. The number of hydrogen-bond acceptors (Lipinski definition) is 1. The van der Waals surface area contributed by atoms with Crippen LogP contribution in [0.4, 0.5) is 17.1 Å². The molecule has 2 nitrogen and oxygen atoms in total. The molecule has 17 rings (SSSR count). The fourth-order valence-electron chi connectivity index (χ4n) is 15.0. The molecule has 0 radical (unpaired) electrons. The first-order valence-corrected chi connectivity index (χ1v) is 29.4. The van der Waals surface area contributed by atoms with E-state index < -0.39 is 5.41 Å². The van der Waals surface area contributed by atoms with E-state index in [0.29, 0.717) is 0 Å². The number of para-hydroxylation sites is 2. The van der Waals surface area contributed by atoms with Gasteiger partial charge in [-0.3, -0.25) is 0 Å². The Kier molecular flexibility index (Phi) is 10.6. The van der Waals surface area contributed by atoms with Gasteiger partial charge in [0.15, 0.2) is 0 Å². The van der Waals surface area contributed by atoms with Crippen LogP contribution in [0, 0.1) is 0 Å². The van der Waals surface area contributed by atoms with Gasteiger partial charge in [-0.1, -0.05) is 232 Å². The third kappa shape index (κ3) is 7.04. The zero-order valence-corrected chi connectivity index (χ0v) is 46.8. The van der Waals surface area contributed by atoms with Gasteiger partial charge in [-0.05, 0) is 196 Å². The number of aromatic nitrogens is 1. The maximum Gasteiger partial charge on any atom is 0.0725 e. The topological polar surface area (TPSA) is 8.17 Å². The molecular weight excluding hydrogens is 1010 g/mol. The summed E-state index contributed by atoms with van der Waals surface area (Å²) >= 11 is 0. The van der Waals surface area contributed by atoms with Crippen molar-refractivity contribution in [3.8, 4) is 83.6 Å². The largest absolute Gasteiger partial charge is 0.310 e. The van der Waals surface area contributed by atoms with Crippen LogP contribution in [0.5, 0.6) is 0 Å². The molecule has 0 amide bonds. The molecule has 84 heavy (non-hydrogen) atoms. The molecule has 3 aliphatic rings. The van der Waals surface area contributed by atoms with E-state index in [1.165, 1.54) is 122 Å². The molecule has 0 aliphatic heterocycles. The van der Waals surface area contributed by atoms with Gasteiger partial charge in [-0.15, -0.1) is 0 Å². The number of hydrogen-bond donors (Lipinski definition) is 0. The predicted octanol–water partition coefficient (Wildman–Crippen LogP) is 21.6. The summed E-state index contributed by atoms with van der Waals surface area (Å²) in [5, 5.41) is 2.47. The molecule has 0 saturated heterocycles. The summed E-state index contributed by atoms with van der Waals surface area (Å²) in [6, 6.07) is 113. The van der Waals surface area contributed by atoms with Crippen LogP contribution in [0.25, 0.3) is 105 Å². The molecule has 0 atom stereocenters. The van der Waals surface area contributed by atoms with Crippen molar-refractivity contribution in [1.82, 2.24) is 4.57 Å². The Hall–Kier alpha value is -10.5. The smallest absolute Gasteiger partial charge is 0.0725 e. The van der Waals surface area contributed by atoms with E-state index in [2.05, 4.69) is 327 Å². The van der Waals surface area contributed by atoms with Crippen LogP contribution in [0.15, 0.2) is 303 Å². The van der Waals surface area contributed by atoms with Crippen molar-refractivity contribution in [3.05, 3.63) is 337 Å². The zero-order valence-electron chi connectivity index (χ0n) is 46.8. The lowest BCUT2D eigenvalue weighted by molar-refractivity contribution is 0.660. The van der Waals surface area contributed by atoms with E-state index in [9.17, 15) is 0 Å². The van der Waals surface area contributed by atoms with Crippen molar-refractivity contribution in [1.29, 1.82) is 0 Å². The molecule has 0 bridgehead atoms. The molecule has 1 aromatic heterocycles. The second kappa shape index (κ2) is 18.5. The Balaban J connectivity index is 0.856. The molecule has 0 fully saturated rings. The Morgan fingerprint density at radius 2 is 0.690 bits per heavy atom.